The highest BCUT2D eigenvalue weighted by atomic mass is 32.1. The Labute approximate surface area is 496 Å². The Morgan fingerprint density at radius 3 is 2.42 bits per heavy atom. The summed E-state index contributed by atoms with van der Waals surface area (Å²) < 4.78 is 21.9. The van der Waals surface area contributed by atoms with E-state index in [9.17, 15) is 38.7 Å². The molecule has 1 radical (unpaired) electrons. The van der Waals surface area contributed by atoms with Crippen LogP contribution >= 0.6 is 11.3 Å². The minimum absolute atomic E-state index is 0.0211. The summed E-state index contributed by atoms with van der Waals surface area (Å²) in [6, 6.07) is 25.2. The Balaban J connectivity index is 0.728. The second kappa shape index (κ2) is 23.9. The Morgan fingerprint density at radius 1 is 0.871 bits per heavy atom. The number of rotatable bonds is 23. The number of anilines is 2. The first-order valence-corrected chi connectivity index (χ1v) is 29.6. The highest BCUT2D eigenvalue weighted by Gasteiger charge is 2.66. The van der Waals surface area contributed by atoms with E-state index < -0.39 is 35.4 Å². The van der Waals surface area contributed by atoms with Gasteiger partial charge in [-0.2, -0.15) is 5.10 Å². The fourth-order valence-electron chi connectivity index (χ4n) is 14.7. The summed E-state index contributed by atoms with van der Waals surface area (Å²) in [5, 5.41) is 24.5. The third-order valence-electron chi connectivity index (χ3n) is 17.3. The molecule has 0 spiro atoms. The van der Waals surface area contributed by atoms with Gasteiger partial charge in [0.2, 0.25) is 11.8 Å². The molecule has 4 aliphatic carbocycles. The summed E-state index contributed by atoms with van der Waals surface area (Å²) in [6.45, 7) is 8.72. The van der Waals surface area contributed by atoms with Crippen LogP contribution in [0.2, 0.25) is 0 Å². The van der Waals surface area contributed by atoms with Crippen LogP contribution in [0.4, 0.5) is 15.7 Å². The summed E-state index contributed by atoms with van der Waals surface area (Å²) in [5.41, 5.74) is 5.05. The van der Waals surface area contributed by atoms with Crippen molar-refractivity contribution in [3.63, 3.8) is 0 Å². The second-order valence-corrected chi connectivity index (χ2v) is 25.1. The van der Waals surface area contributed by atoms with Gasteiger partial charge in [-0.05, 0) is 128 Å². The third kappa shape index (κ3) is 12.7. The van der Waals surface area contributed by atoms with Crippen LogP contribution in [0.5, 0.6) is 5.75 Å². The van der Waals surface area contributed by atoms with Gasteiger partial charge in [-0.15, -0.1) is 0 Å². The molecule has 3 aromatic carbocycles. The Hall–Kier alpha value is -8.50. The molecule has 2 atom stereocenters. The quantitative estimate of drug-likeness (QED) is 0.0351. The first-order chi connectivity index (χ1) is 40.8. The third-order valence-corrected chi connectivity index (χ3v) is 18.2. The molecular formula is C63H69N10O11S. The van der Waals surface area contributed by atoms with Crippen LogP contribution in [0.25, 0.3) is 21.3 Å². The largest absolute Gasteiger partial charge is 0.493 e. The molecule has 443 valence electrons. The molecule has 85 heavy (non-hydrogen) atoms. The van der Waals surface area contributed by atoms with Crippen molar-refractivity contribution in [1.82, 2.24) is 40.2 Å². The number of aromatic nitrogens is 4. The van der Waals surface area contributed by atoms with Crippen molar-refractivity contribution < 1.29 is 52.9 Å². The number of amides is 6. The van der Waals surface area contributed by atoms with Crippen LogP contribution in [-0.4, -0.2) is 135 Å². The van der Waals surface area contributed by atoms with Gasteiger partial charge in [-0.3, -0.25) is 38.9 Å². The average Bonchev–Trinajstić information content (AvgIpc) is 1.36. The lowest BCUT2D eigenvalue weighted by Crippen LogP contribution is -2.64. The number of benzene rings is 3. The summed E-state index contributed by atoms with van der Waals surface area (Å²) in [6.07, 6.45) is 10.0. The zero-order chi connectivity index (χ0) is 59.7. The van der Waals surface area contributed by atoms with Crippen LogP contribution in [-0.2, 0) is 54.8 Å². The van der Waals surface area contributed by atoms with Gasteiger partial charge in [-0.25, -0.2) is 19.6 Å². The summed E-state index contributed by atoms with van der Waals surface area (Å²) in [4.78, 5) is 103. The number of carboxylic acid groups (broad SMARTS) is 1. The van der Waals surface area contributed by atoms with E-state index in [4.69, 9.17) is 24.3 Å². The van der Waals surface area contributed by atoms with Crippen molar-refractivity contribution in [2.75, 3.05) is 63.2 Å². The van der Waals surface area contributed by atoms with Crippen molar-refractivity contribution in [2.24, 2.45) is 16.2 Å². The Kier molecular flexibility index (Phi) is 16.4. The number of nitrogens with zero attached hydrogens (tertiary/aromatic N) is 7. The molecule has 3 aromatic heterocycles. The van der Waals surface area contributed by atoms with E-state index in [-0.39, 0.29) is 86.2 Å². The number of carbonyl (C=O) groups excluding carboxylic acids is 6. The van der Waals surface area contributed by atoms with Gasteiger partial charge in [0.25, 0.3) is 17.7 Å². The first-order valence-electron chi connectivity index (χ1n) is 28.8. The number of ether oxygens (including phenoxy) is 3. The molecule has 2 unspecified atom stereocenters. The van der Waals surface area contributed by atoms with E-state index in [0.717, 1.165) is 82.6 Å². The van der Waals surface area contributed by atoms with Gasteiger partial charge < -0.3 is 39.8 Å². The second-order valence-electron chi connectivity index (χ2n) is 24.1. The molecule has 4 fully saturated rings. The monoisotopic (exact) mass is 1170 g/mol. The van der Waals surface area contributed by atoms with E-state index in [1.165, 1.54) is 16.2 Å². The average molecular weight is 1170 g/mol. The normalized spacial score (nSPS) is 21.9. The summed E-state index contributed by atoms with van der Waals surface area (Å²) in [7, 11) is 1.55. The predicted octanol–water partition coefficient (Wildman–Crippen LogP) is 7.90. The smallest absolute Gasteiger partial charge is 0.410 e. The number of hydrogen-bond acceptors (Lipinski definition) is 15. The molecule has 12 rings (SSSR count). The van der Waals surface area contributed by atoms with Crippen LogP contribution in [0.15, 0.2) is 91.1 Å². The number of imide groups is 1. The van der Waals surface area contributed by atoms with E-state index >= 15 is 0 Å². The lowest BCUT2D eigenvalue weighted by atomic mass is 9.39. The maximum Gasteiger partial charge on any atom is 0.410 e. The van der Waals surface area contributed by atoms with Gasteiger partial charge in [0, 0.05) is 92.8 Å². The van der Waals surface area contributed by atoms with Gasteiger partial charge in [0.1, 0.15) is 24.7 Å². The lowest BCUT2D eigenvalue weighted by Gasteiger charge is -2.69. The molecule has 6 aromatic rings. The maximum atomic E-state index is 13.9. The number of aromatic carboxylic acids is 1. The number of nitrogens with one attached hydrogen (secondary N) is 3. The molecule has 2 aliphatic heterocycles. The molecule has 6 aliphatic rings. The molecule has 21 nitrogen and oxygen atoms in total. The number of hydrogen-bond donors (Lipinski definition) is 4. The number of pyridine rings is 1. The lowest BCUT2D eigenvalue weighted by molar-refractivity contribution is -0.248. The van der Waals surface area contributed by atoms with E-state index in [1.54, 1.807) is 31.4 Å². The Bertz CT molecular complexity index is 3580. The fourth-order valence-corrected chi connectivity index (χ4v) is 15.5. The molecule has 5 heterocycles. The first kappa shape index (κ1) is 58.3. The van der Waals surface area contributed by atoms with Crippen molar-refractivity contribution >= 4 is 74.1 Å². The van der Waals surface area contributed by atoms with Crippen LogP contribution in [0.3, 0.4) is 0 Å². The zero-order valence-corrected chi connectivity index (χ0v) is 49.0. The SMILES string of the molecule is CNC(=O)CCN(CCOC12CC3(C)CC(C)(CC(Cn4ncc(-c5ccc(N6CCc7cccc(C(=O)Nc8nc9ccccc9s8)c7C6)nc5C(=O)O)c4C)(C3)C1)C2)C(=O)OCc1cc[c]cc1OCCCNC(=O)CN1C(=O)C=CC1=O. The van der Waals surface area contributed by atoms with Gasteiger partial charge in [0.05, 0.1) is 35.2 Å². The number of carboxylic acids is 1. The maximum absolute atomic E-state index is 13.9. The van der Waals surface area contributed by atoms with Gasteiger partial charge >= 0.3 is 12.1 Å². The molecule has 6 amide bonds. The van der Waals surface area contributed by atoms with Crippen LogP contribution < -0.4 is 25.6 Å². The van der Waals surface area contributed by atoms with Crippen LogP contribution in [0.1, 0.15) is 108 Å². The van der Waals surface area contributed by atoms with Gasteiger partial charge in [-0.1, -0.05) is 61.6 Å². The van der Waals surface area contributed by atoms with Gasteiger partial charge in [0.15, 0.2) is 10.8 Å². The summed E-state index contributed by atoms with van der Waals surface area (Å²) >= 11 is 1.42. The molecule has 22 heteroatoms. The zero-order valence-electron chi connectivity index (χ0n) is 48.2. The topological polar surface area (TPSA) is 257 Å². The molecule has 0 saturated heterocycles. The van der Waals surface area contributed by atoms with E-state index in [1.807, 2.05) is 71.1 Å². The Morgan fingerprint density at radius 2 is 1.66 bits per heavy atom. The van der Waals surface area contributed by atoms with E-state index in [2.05, 4.69) is 40.8 Å². The number of fused-ring (bicyclic) bond motifs is 2. The van der Waals surface area contributed by atoms with Crippen molar-refractivity contribution in [2.45, 2.75) is 104 Å². The molecule has 4 N–H and O–H groups in total. The van der Waals surface area contributed by atoms with E-state index in [0.29, 0.717) is 71.4 Å². The van der Waals surface area contributed by atoms with Crippen molar-refractivity contribution in [3.8, 4) is 16.9 Å². The standard InChI is InChI=1S/C63H69N10O11S/c1-40-45(43-17-18-50(68-55(43)57(79)80)71-24-21-41-12-9-13-44(46(41)30-71)56(78)69-58-67-47-14-6-8-16-49(47)85-58)29-66-73(40)39-62-34-60(2)33-61(3,35-62)37-63(36-60,38-62)84-28-26-70(25-22-51(74)64-4)59(81)83-32-42-11-5-7-15-48(42)82-27-10-23-65-52(75)31-72-53(76)19-20-54(72)77/h5-6,8-9,11-20,29H,10,21-28,30-39H2,1-4H3,(H,64,74)(H,65,75)(H,79,80)(H,67,69,78). The predicted molar refractivity (Wildman–Crippen MR) is 316 cm³/mol. The highest BCUT2D eigenvalue weighted by Crippen LogP contribution is 2.72. The minimum Gasteiger partial charge on any atom is -0.493 e. The molecule has 4 saturated carbocycles. The summed E-state index contributed by atoms with van der Waals surface area (Å²) in [5.74, 6) is -2.23. The number of thiazole rings is 1. The number of para-hydroxylation sites is 1. The molecular weight excluding hydrogens is 1100 g/mol. The highest BCUT2D eigenvalue weighted by molar-refractivity contribution is 7.22. The van der Waals surface area contributed by atoms with Crippen LogP contribution in [0, 0.1) is 29.2 Å². The van der Waals surface area contributed by atoms with Crippen molar-refractivity contribution in [1.29, 1.82) is 0 Å². The number of carbonyl (C=O) groups is 7. The van der Waals surface area contributed by atoms with Crippen molar-refractivity contribution in [3.05, 3.63) is 131 Å². The fraction of sp³-hybridized carbons (Fsp3) is 0.429. The minimum atomic E-state index is -1.16. The molecule has 4 bridgehead atoms.